The van der Waals surface area contributed by atoms with Crippen LogP contribution in [0.5, 0.6) is 0 Å². The Morgan fingerprint density at radius 1 is 0.929 bits per heavy atom. The van der Waals surface area contributed by atoms with Gasteiger partial charge in [-0.1, -0.05) is 56.3 Å². The van der Waals surface area contributed by atoms with Crippen molar-refractivity contribution in [1.82, 2.24) is 15.1 Å². The number of amides is 3. The topological polar surface area (TPSA) is 132 Å². The highest BCUT2D eigenvalue weighted by Gasteiger charge is 2.37. The molecule has 1 fully saturated rings. The molecule has 0 bridgehead atoms. The van der Waals surface area contributed by atoms with Crippen molar-refractivity contribution in [3.8, 4) is 0 Å². The van der Waals surface area contributed by atoms with Crippen LogP contribution in [0.15, 0.2) is 66.7 Å². The van der Waals surface area contributed by atoms with Gasteiger partial charge in [0.2, 0.25) is 11.8 Å². The molecule has 0 saturated carbocycles. The number of rotatable bonds is 7. The number of piperazine rings is 1. The fraction of sp³-hybridized carbons (Fsp3) is 0.333. The van der Waals surface area contributed by atoms with Crippen LogP contribution >= 0.6 is 0 Å². The summed E-state index contributed by atoms with van der Waals surface area (Å²) in [6.45, 7) is 6.58. The highest BCUT2D eigenvalue weighted by molar-refractivity contribution is 6.16. The van der Waals surface area contributed by atoms with Crippen molar-refractivity contribution < 1.29 is 14.4 Å². The van der Waals surface area contributed by atoms with Gasteiger partial charge >= 0.3 is 0 Å². The molecule has 3 aromatic carbocycles. The van der Waals surface area contributed by atoms with Gasteiger partial charge in [-0.15, -0.1) is 0 Å². The van der Waals surface area contributed by atoms with Gasteiger partial charge in [0.05, 0.1) is 23.2 Å². The Labute approximate surface area is 246 Å². The van der Waals surface area contributed by atoms with Crippen LogP contribution in [-0.2, 0) is 11.3 Å². The van der Waals surface area contributed by atoms with E-state index in [0.717, 1.165) is 23.2 Å². The van der Waals surface area contributed by atoms with Crippen LogP contribution in [-0.4, -0.2) is 66.5 Å². The average Bonchev–Trinajstić information content (AvgIpc) is 3.00. The van der Waals surface area contributed by atoms with Crippen molar-refractivity contribution >= 4 is 29.1 Å². The normalized spacial score (nSPS) is 18.4. The predicted molar refractivity (Wildman–Crippen MR) is 164 cm³/mol. The number of benzene rings is 3. The zero-order valence-corrected chi connectivity index (χ0v) is 24.3. The van der Waals surface area contributed by atoms with Crippen LogP contribution in [0.25, 0.3) is 0 Å². The van der Waals surface area contributed by atoms with Crippen molar-refractivity contribution in [2.45, 2.75) is 32.4 Å². The van der Waals surface area contributed by atoms with Gasteiger partial charge in [-0.2, -0.15) is 0 Å². The lowest BCUT2D eigenvalue weighted by Gasteiger charge is -2.37. The Balaban J connectivity index is 1.43. The summed E-state index contributed by atoms with van der Waals surface area (Å²) in [5.41, 5.74) is 11.1. The molecule has 0 aliphatic carbocycles. The summed E-state index contributed by atoms with van der Waals surface area (Å²) in [6.07, 6.45) is 0. The van der Waals surface area contributed by atoms with Crippen LogP contribution in [0, 0.1) is 11.3 Å². The lowest BCUT2D eigenvalue weighted by atomic mass is 9.76. The first-order chi connectivity index (χ1) is 20.2. The molecular formula is C33H38N6O3. The largest absolute Gasteiger partial charge is 0.377 e. The van der Waals surface area contributed by atoms with Gasteiger partial charge in [0.25, 0.3) is 5.91 Å². The highest BCUT2D eigenvalue weighted by atomic mass is 16.2. The Morgan fingerprint density at radius 3 is 2.14 bits per heavy atom. The lowest BCUT2D eigenvalue weighted by Crippen LogP contribution is -2.51. The van der Waals surface area contributed by atoms with Gasteiger partial charge in [0, 0.05) is 55.5 Å². The predicted octanol–water partition coefficient (Wildman–Crippen LogP) is 3.76. The van der Waals surface area contributed by atoms with E-state index in [1.807, 2.05) is 44.0 Å². The molecule has 2 heterocycles. The maximum Gasteiger partial charge on any atom is 0.253 e. The van der Waals surface area contributed by atoms with E-state index < -0.39 is 11.8 Å². The molecule has 218 valence electrons. The summed E-state index contributed by atoms with van der Waals surface area (Å²) in [7, 11) is 1.91. The van der Waals surface area contributed by atoms with Gasteiger partial charge in [-0.25, -0.2) is 0 Å². The van der Waals surface area contributed by atoms with E-state index in [1.165, 1.54) is 0 Å². The summed E-state index contributed by atoms with van der Waals surface area (Å²) in [5, 5.41) is 16.0. The molecule has 42 heavy (non-hydrogen) atoms. The quantitative estimate of drug-likeness (QED) is 0.346. The standard InChI is InChI=1S/C33H38N6O3/c1-20(2)32(41)38-15-17-39(18-16-38)33(42)24-13-11-22(12-14-24)27-29(34)28-25(31(35)40)5-4-6-26(28)37-30(27)23-9-7-21(8-10-23)19-36-3/h4-14,20,27,30,34,36-37H,15-19H2,1-3H3,(H2,35,40). The van der Waals surface area contributed by atoms with E-state index in [-0.39, 0.29) is 23.8 Å². The number of nitrogens with zero attached hydrogens (tertiary/aromatic N) is 2. The van der Waals surface area contributed by atoms with Crippen molar-refractivity contribution in [2.75, 3.05) is 38.5 Å². The van der Waals surface area contributed by atoms with Crippen molar-refractivity contribution in [2.24, 2.45) is 11.7 Å². The van der Waals surface area contributed by atoms with Gasteiger partial charge in [0.15, 0.2) is 0 Å². The minimum Gasteiger partial charge on any atom is -0.377 e. The molecule has 5 rings (SSSR count). The Bertz CT molecular complexity index is 1490. The Morgan fingerprint density at radius 2 is 1.55 bits per heavy atom. The first kappa shape index (κ1) is 29.0. The number of carbonyl (C=O) groups excluding carboxylic acids is 3. The number of nitrogens with one attached hydrogen (secondary N) is 3. The number of primary amides is 1. The van der Waals surface area contributed by atoms with Gasteiger partial charge < -0.3 is 31.6 Å². The molecule has 2 unspecified atom stereocenters. The van der Waals surface area contributed by atoms with E-state index in [1.54, 1.807) is 29.2 Å². The van der Waals surface area contributed by atoms with Crippen molar-refractivity contribution in [3.05, 3.63) is 100 Å². The molecule has 3 amide bonds. The fourth-order valence-corrected chi connectivity index (χ4v) is 5.93. The monoisotopic (exact) mass is 566 g/mol. The minimum atomic E-state index is -0.580. The number of anilines is 1. The van der Waals surface area contributed by atoms with Crippen molar-refractivity contribution in [1.29, 1.82) is 5.41 Å². The van der Waals surface area contributed by atoms with E-state index in [0.29, 0.717) is 54.3 Å². The number of hydrogen-bond donors (Lipinski definition) is 4. The van der Waals surface area contributed by atoms with Crippen LogP contribution in [0.3, 0.4) is 0 Å². The smallest absolute Gasteiger partial charge is 0.253 e. The Hall–Kier alpha value is -4.50. The average molecular weight is 567 g/mol. The maximum absolute atomic E-state index is 13.3. The SMILES string of the molecule is CNCc1ccc(C2Nc3cccc(C(N)=O)c3C(=N)C2c2ccc(C(=O)N3CCN(C(=O)C(C)C)CC3)cc2)cc1. The molecule has 9 heteroatoms. The zero-order chi connectivity index (χ0) is 30.0. The number of hydrogen-bond acceptors (Lipinski definition) is 6. The summed E-state index contributed by atoms with van der Waals surface area (Å²) in [6, 6.07) is 20.7. The van der Waals surface area contributed by atoms with Crippen LogP contribution in [0.1, 0.15) is 68.8 Å². The number of fused-ring (bicyclic) bond motifs is 1. The molecular weight excluding hydrogens is 528 g/mol. The second-order valence-corrected chi connectivity index (χ2v) is 11.3. The van der Waals surface area contributed by atoms with Gasteiger partial charge in [-0.05, 0) is 48.0 Å². The first-order valence-corrected chi connectivity index (χ1v) is 14.4. The maximum atomic E-state index is 13.3. The number of carbonyl (C=O) groups is 3. The number of nitrogens with two attached hydrogens (primary N) is 1. The van der Waals surface area contributed by atoms with E-state index in [4.69, 9.17) is 5.73 Å². The lowest BCUT2D eigenvalue weighted by molar-refractivity contribution is -0.135. The Kier molecular flexibility index (Phi) is 8.40. The molecule has 1 saturated heterocycles. The summed E-state index contributed by atoms with van der Waals surface area (Å²) < 4.78 is 0. The third kappa shape index (κ3) is 5.65. The third-order valence-corrected chi connectivity index (χ3v) is 8.16. The minimum absolute atomic E-state index is 0.0612. The molecule has 2 aliphatic rings. The molecule has 0 spiro atoms. The zero-order valence-electron chi connectivity index (χ0n) is 24.3. The molecule has 3 aromatic rings. The molecule has 2 atom stereocenters. The molecule has 9 nitrogen and oxygen atoms in total. The van der Waals surface area contributed by atoms with Crippen LogP contribution in [0.2, 0.25) is 0 Å². The van der Waals surface area contributed by atoms with Crippen molar-refractivity contribution in [3.63, 3.8) is 0 Å². The second-order valence-electron chi connectivity index (χ2n) is 11.3. The first-order valence-electron chi connectivity index (χ1n) is 14.4. The fourth-order valence-electron chi connectivity index (χ4n) is 5.93. The summed E-state index contributed by atoms with van der Waals surface area (Å²) >= 11 is 0. The summed E-state index contributed by atoms with van der Waals surface area (Å²) in [4.78, 5) is 41.6. The van der Waals surface area contributed by atoms with E-state index in [9.17, 15) is 19.8 Å². The second kappa shape index (κ2) is 12.2. The van der Waals surface area contributed by atoms with Gasteiger partial charge in [0.1, 0.15) is 0 Å². The molecule has 0 aromatic heterocycles. The third-order valence-electron chi connectivity index (χ3n) is 8.16. The molecule has 0 radical (unpaired) electrons. The highest BCUT2D eigenvalue weighted by Crippen LogP contribution is 2.43. The van der Waals surface area contributed by atoms with Gasteiger partial charge in [-0.3, -0.25) is 14.4 Å². The molecule has 2 aliphatic heterocycles. The van der Waals surface area contributed by atoms with E-state index in [2.05, 4.69) is 34.9 Å². The van der Waals surface area contributed by atoms with E-state index >= 15 is 0 Å². The van der Waals surface area contributed by atoms with Crippen LogP contribution in [0.4, 0.5) is 5.69 Å². The molecule has 5 N–H and O–H groups in total. The van der Waals surface area contributed by atoms with Crippen LogP contribution < -0.4 is 16.4 Å². The summed E-state index contributed by atoms with van der Waals surface area (Å²) in [5.74, 6) is -1.03.